The summed E-state index contributed by atoms with van der Waals surface area (Å²) >= 11 is 1.57. The van der Waals surface area contributed by atoms with Gasteiger partial charge in [0.05, 0.1) is 13.7 Å². The molecule has 0 aliphatic carbocycles. The first-order valence-electron chi connectivity index (χ1n) is 6.68. The highest BCUT2D eigenvalue weighted by Crippen LogP contribution is 2.29. The fraction of sp³-hybridized carbons (Fsp3) is 0.533. The summed E-state index contributed by atoms with van der Waals surface area (Å²) < 4.78 is 10.3. The molecule has 0 aromatic heterocycles. The molecule has 0 amide bonds. The zero-order valence-electron chi connectivity index (χ0n) is 11.8. The molecular weight excluding hydrogens is 260 g/mol. The molecule has 0 heterocycles. The average Bonchev–Trinajstić information content (AvgIpc) is 2.44. The number of methoxy groups -OCH3 is 1. The Labute approximate surface area is 119 Å². The van der Waals surface area contributed by atoms with Gasteiger partial charge in [0.25, 0.3) is 0 Å². The SMILES string of the molecule is CCCC[C@@H](Sc1ccc(OC)cc1)C(=O)OCC. The van der Waals surface area contributed by atoms with Gasteiger partial charge in [-0.3, -0.25) is 4.79 Å². The summed E-state index contributed by atoms with van der Waals surface area (Å²) in [6, 6.07) is 7.76. The van der Waals surface area contributed by atoms with Crippen molar-refractivity contribution in [3.63, 3.8) is 0 Å². The summed E-state index contributed by atoms with van der Waals surface area (Å²) in [5.74, 6) is 0.711. The van der Waals surface area contributed by atoms with E-state index in [1.54, 1.807) is 18.9 Å². The molecule has 3 nitrogen and oxygen atoms in total. The molecule has 0 fully saturated rings. The molecule has 0 radical (unpaired) electrons. The van der Waals surface area contributed by atoms with Gasteiger partial charge in [-0.1, -0.05) is 19.8 Å². The van der Waals surface area contributed by atoms with E-state index < -0.39 is 0 Å². The highest BCUT2D eigenvalue weighted by atomic mass is 32.2. The summed E-state index contributed by atoms with van der Waals surface area (Å²) in [5, 5.41) is -0.117. The van der Waals surface area contributed by atoms with Gasteiger partial charge in [0, 0.05) is 4.90 Å². The number of carbonyl (C=O) groups is 1. The Morgan fingerprint density at radius 2 is 1.95 bits per heavy atom. The first-order valence-corrected chi connectivity index (χ1v) is 7.56. The number of thioether (sulfide) groups is 1. The zero-order valence-corrected chi connectivity index (χ0v) is 12.7. The molecule has 1 aromatic carbocycles. The lowest BCUT2D eigenvalue weighted by Crippen LogP contribution is -2.20. The van der Waals surface area contributed by atoms with Crippen LogP contribution in [0, 0.1) is 0 Å². The van der Waals surface area contributed by atoms with Crippen molar-refractivity contribution in [2.24, 2.45) is 0 Å². The van der Waals surface area contributed by atoms with Crippen molar-refractivity contribution in [1.82, 2.24) is 0 Å². The Hall–Kier alpha value is -1.16. The van der Waals surface area contributed by atoms with Crippen molar-refractivity contribution in [2.45, 2.75) is 43.3 Å². The van der Waals surface area contributed by atoms with Crippen LogP contribution in [0.5, 0.6) is 5.75 Å². The predicted molar refractivity (Wildman–Crippen MR) is 78.8 cm³/mol. The van der Waals surface area contributed by atoms with E-state index >= 15 is 0 Å². The molecule has 0 spiro atoms. The summed E-state index contributed by atoms with van der Waals surface area (Å²) in [6.07, 6.45) is 2.97. The monoisotopic (exact) mass is 282 g/mol. The molecule has 1 aromatic rings. The van der Waals surface area contributed by atoms with Crippen molar-refractivity contribution in [3.8, 4) is 5.75 Å². The predicted octanol–water partition coefficient (Wildman–Crippen LogP) is 3.91. The minimum absolute atomic E-state index is 0.114. The van der Waals surface area contributed by atoms with E-state index in [1.807, 2.05) is 31.2 Å². The van der Waals surface area contributed by atoms with Crippen LogP contribution in [0.25, 0.3) is 0 Å². The second kappa shape index (κ2) is 8.86. The van der Waals surface area contributed by atoms with Crippen molar-refractivity contribution in [1.29, 1.82) is 0 Å². The Morgan fingerprint density at radius 1 is 1.26 bits per heavy atom. The number of benzene rings is 1. The Morgan fingerprint density at radius 3 is 2.47 bits per heavy atom. The van der Waals surface area contributed by atoms with Crippen LogP contribution in [0.4, 0.5) is 0 Å². The number of esters is 1. The minimum atomic E-state index is -0.117. The molecule has 4 heteroatoms. The standard InChI is InChI=1S/C15H22O3S/c1-4-6-7-14(15(16)18-5-2)19-13-10-8-12(17-3)9-11-13/h8-11,14H,4-7H2,1-3H3/t14-/m1/s1. The first kappa shape index (κ1) is 15.9. The van der Waals surface area contributed by atoms with Gasteiger partial charge >= 0.3 is 5.97 Å². The van der Waals surface area contributed by atoms with Gasteiger partial charge in [0.2, 0.25) is 0 Å². The van der Waals surface area contributed by atoms with Crippen LogP contribution in [0.1, 0.15) is 33.1 Å². The summed E-state index contributed by atoms with van der Waals surface area (Å²) in [7, 11) is 1.64. The van der Waals surface area contributed by atoms with E-state index in [-0.39, 0.29) is 11.2 Å². The Balaban J connectivity index is 2.66. The van der Waals surface area contributed by atoms with Crippen molar-refractivity contribution >= 4 is 17.7 Å². The lowest BCUT2D eigenvalue weighted by atomic mass is 10.2. The molecule has 19 heavy (non-hydrogen) atoms. The third-order valence-electron chi connectivity index (χ3n) is 2.71. The number of unbranched alkanes of at least 4 members (excludes halogenated alkanes) is 1. The minimum Gasteiger partial charge on any atom is -0.497 e. The maximum atomic E-state index is 11.9. The van der Waals surface area contributed by atoms with Gasteiger partial charge in [-0.15, -0.1) is 11.8 Å². The number of hydrogen-bond acceptors (Lipinski definition) is 4. The molecule has 1 rings (SSSR count). The van der Waals surface area contributed by atoms with Crippen LogP contribution < -0.4 is 4.74 Å². The van der Waals surface area contributed by atoms with Crippen LogP contribution in [0.3, 0.4) is 0 Å². The zero-order chi connectivity index (χ0) is 14.1. The molecule has 0 bridgehead atoms. The number of rotatable bonds is 8. The van der Waals surface area contributed by atoms with Gasteiger partial charge in [-0.25, -0.2) is 0 Å². The van der Waals surface area contributed by atoms with Crippen LogP contribution in [0.2, 0.25) is 0 Å². The fourth-order valence-electron chi connectivity index (χ4n) is 1.67. The third-order valence-corrected chi connectivity index (χ3v) is 3.96. The van der Waals surface area contributed by atoms with Gasteiger partial charge in [0.1, 0.15) is 11.0 Å². The third kappa shape index (κ3) is 5.55. The van der Waals surface area contributed by atoms with Crippen LogP contribution in [-0.4, -0.2) is 24.9 Å². The normalized spacial score (nSPS) is 11.9. The first-order chi connectivity index (χ1) is 9.21. The van der Waals surface area contributed by atoms with E-state index in [0.717, 1.165) is 29.9 Å². The van der Waals surface area contributed by atoms with Gasteiger partial charge < -0.3 is 9.47 Å². The van der Waals surface area contributed by atoms with E-state index in [2.05, 4.69) is 6.92 Å². The second-order valence-electron chi connectivity index (χ2n) is 4.18. The summed E-state index contributed by atoms with van der Waals surface area (Å²) in [6.45, 7) is 4.40. The van der Waals surface area contributed by atoms with Crippen LogP contribution >= 0.6 is 11.8 Å². The number of ether oxygens (including phenoxy) is 2. The smallest absolute Gasteiger partial charge is 0.319 e. The van der Waals surface area contributed by atoms with Crippen molar-refractivity contribution in [3.05, 3.63) is 24.3 Å². The second-order valence-corrected chi connectivity index (χ2v) is 5.45. The van der Waals surface area contributed by atoms with E-state index in [0.29, 0.717) is 6.61 Å². The van der Waals surface area contributed by atoms with Crippen molar-refractivity contribution < 1.29 is 14.3 Å². The molecule has 0 aliphatic rings. The number of carbonyl (C=O) groups excluding carboxylic acids is 1. The highest BCUT2D eigenvalue weighted by Gasteiger charge is 2.20. The highest BCUT2D eigenvalue weighted by molar-refractivity contribution is 8.00. The molecule has 0 N–H and O–H groups in total. The Kier molecular flexibility index (Phi) is 7.41. The topological polar surface area (TPSA) is 35.5 Å². The van der Waals surface area contributed by atoms with Gasteiger partial charge in [-0.05, 0) is 37.6 Å². The largest absolute Gasteiger partial charge is 0.497 e. The number of hydrogen-bond donors (Lipinski definition) is 0. The lowest BCUT2D eigenvalue weighted by Gasteiger charge is -2.15. The maximum Gasteiger partial charge on any atom is 0.319 e. The van der Waals surface area contributed by atoms with Gasteiger partial charge in [0.15, 0.2) is 0 Å². The maximum absolute atomic E-state index is 11.9. The van der Waals surface area contributed by atoms with Crippen LogP contribution in [-0.2, 0) is 9.53 Å². The van der Waals surface area contributed by atoms with Crippen LogP contribution in [0.15, 0.2) is 29.2 Å². The van der Waals surface area contributed by atoms with Gasteiger partial charge in [-0.2, -0.15) is 0 Å². The summed E-state index contributed by atoms with van der Waals surface area (Å²) in [4.78, 5) is 13.0. The molecule has 106 valence electrons. The van der Waals surface area contributed by atoms with E-state index in [4.69, 9.17) is 9.47 Å². The molecule has 0 saturated heterocycles. The molecule has 0 saturated carbocycles. The molecule has 0 unspecified atom stereocenters. The molecular formula is C15H22O3S. The summed E-state index contributed by atoms with van der Waals surface area (Å²) in [5.41, 5.74) is 0. The average molecular weight is 282 g/mol. The molecule has 1 atom stereocenters. The van der Waals surface area contributed by atoms with Crippen molar-refractivity contribution in [2.75, 3.05) is 13.7 Å². The fourth-order valence-corrected chi connectivity index (χ4v) is 2.74. The van der Waals surface area contributed by atoms with E-state index in [9.17, 15) is 4.79 Å². The lowest BCUT2D eigenvalue weighted by molar-refractivity contribution is -0.142. The molecule has 0 aliphatic heterocycles. The Bertz CT molecular complexity index is 375. The van der Waals surface area contributed by atoms with E-state index in [1.165, 1.54) is 0 Å². The quantitative estimate of drug-likeness (QED) is 0.535.